The van der Waals surface area contributed by atoms with Gasteiger partial charge in [0, 0.05) is 13.0 Å². The van der Waals surface area contributed by atoms with Crippen molar-refractivity contribution in [2.24, 2.45) is 0 Å². The quantitative estimate of drug-likeness (QED) is 0.708. The molecule has 0 aromatic heterocycles. The van der Waals surface area contributed by atoms with Crippen molar-refractivity contribution in [2.45, 2.75) is 12.0 Å². The van der Waals surface area contributed by atoms with E-state index in [2.05, 4.69) is 5.32 Å². The molecule has 5 nitrogen and oxygen atoms in total. The fraction of sp³-hybridized carbons (Fsp3) is 0.417. The summed E-state index contributed by atoms with van der Waals surface area (Å²) < 4.78 is 5.25. The van der Waals surface area contributed by atoms with Gasteiger partial charge in [-0.2, -0.15) is 0 Å². The molecule has 1 atom stereocenters. The highest BCUT2D eigenvalue weighted by molar-refractivity contribution is 5.79. The molecule has 17 heavy (non-hydrogen) atoms. The minimum atomic E-state index is -1.06. The standard InChI is InChI=1S/C12H15NO4/c14-10-3-1-9(2-4-10)7-12(11(15)16)8-17-6-5-13-12/h1-4,13-14H,5-8H2,(H,15,16). The van der Waals surface area contributed by atoms with Gasteiger partial charge in [-0.05, 0) is 17.7 Å². The van der Waals surface area contributed by atoms with Crippen molar-refractivity contribution in [3.05, 3.63) is 29.8 Å². The molecule has 0 bridgehead atoms. The van der Waals surface area contributed by atoms with Crippen molar-refractivity contribution >= 4 is 5.97 Å². The maximum Gasteiger partial charge on any atom is 0.326 e. The maximum absolute atomic E-state index is 11.4. The van der Waals surface area contributed by atoms with Crippen LogP contribution in [-0.4, -0.2) is 41.5 Å². The van der Waals surface area contributed by atoms with Crippen LogP contribution in [0.25, 0.3) is 0 Å². The summed E-state index contributed by atoms with van der Waals surface area (Å²) in [6.45, 7) is 1.22. The van der Waals surface area contributed by atoms with E-state index in [-0.39, 0.29) is 12.4 Å². The molecule has 1 unspecified atom stereocenters. The smallest absolute Gasteiger partial charge is 0.326 e. The van der Waals surface area contributed by atoms with Gasteiger partial charge >= 0.3 is 5.97 Å². The van der Waals surface area contributed by atoms with Crippen LogP contribution in [0, 0.1) is 0 Å². The van der Waals surface area contributed by atoms with E-state index < -0.39 is 11.5 Å². The van der Waals surface area contributed by atoms with E-state index in [0.717, 1.165) is 5.56 Å². The summed E-state index contributed by atoms with van der Waals surface area (Å²) in [7, 11) is 0. The number of aromatic hydroxyl groups is 1. The van der Waals surface area contributed by atoms with Gasteiger partial charge in [-0.1, -0.05) is 12.1 Å². The van der Waals surface area contributed by atoms with Gasteiger partial charge in [0.15, 0.2) is 0 Å². The fourth-order valence-corrected chi connectivity index (χ4v) is 1.95. The van der Waals surface area contributed by atoms with Crippen molar-refractivity contribution in [1.29, 1.82) is 0 Å². The number of hydrogen-bond donors (Lipinski definition) is 3. The number of morpholine rings is 1. The number of ether oxygens (including phenoxy) is 1. The number of phenols is 1. The van der Waals surface area contributed by atoms with Crippen LogP contribution in [0.5, 0.6) is 5.75 Å². The van der Waals surface area contributed by atoms with Gasteiger partial charge in [-0.3, -0.25) is 10.1 Å². The number of hydrogen-bond acceptors (Lipinski definition) is 4. The van der Waals surface area contributed by atoms with E-state index in [1.807, 2.05) is 0 Å². The highest BCUT2D eigenvalue weighted by Gasteiger charge is 2.40. The SMILES string of the molecule is O=C(O)C1(Cc2ccc(O)cc2)COCCN1. The summed E-state index contributed by atoms with van der Waals surface area (Å²) >= 11 is 0. The molecular formula is C12H15NO4. The molecule has 0 spiro atoms. The van der Waals surface area contributed by atoms with Crippen LogP contribution in [0.3, 0.4) is 0 Å². The molecule has 0 amide bonds. The molecule has 5 heteroatoms. The number of carboxylic acid groups (broad SMARTS) is 1. The van der Waals surface area contributed by atoms with Crippen LogP contribution >= 0.6 is 0 Å². The first-order chi connectivity index (χ1) is 8.12. The molecule has 92 valence electrons. The lowest BCUT2D eigenvalue weighted by atomic mass is 9.90. The second kappa shape index (κ2) is 4.73. The lowest BCUT2D eigenvalue weighted by Gasteiger charge is -2.34. The van der Waals surface area contributed by atoms with E-state index in [4.69, 9.17) is 4.74 Å². The Morgan fingerprint density at radius 2 is 2.12 bits per heavy atom. The summed E-state index contributed by atoms with van der Waals surface area (Å²) in [4.78, 5) is 11.4. The van der Waals surface area contributed by atoms with Crippen LogP contribution in [0.1, 0.15) is 5.56 Å². The fourth-order valence-electron chi connectivity index (χ4n) is 1.95. The normalized spacial score (nSPS) is 24.5. The Balaban J connectivity index is 2.17. The molecule has 0 aliphatic carbocycles. The van der Waals surface area contributed by atoms with E-state index >= 15 is 0 Å². The van der Waals surface area contributed by atoms with Gasteiger partial charge in [-0.15, -0.1) is 0 Å². The molecule has 3 N–H and O–H groups in total. The van der Waals surface area contributed by atoms with Gasteiger partial charge in [0.2, 0.25) is 0 Å². The second-order valence-electron chi connectivity index (χ2n) is 4.21. The molecule has 1 aromatic rings. The Bertz CT molecular complexity index is 395. The molecule has 0 saturated carbocycles. The van der Waals surface area contributed by atoms with Crippen molar-refractivity contribution < 1.29 is 19.7 Å². The molecule has 1 aliphatic rings. The van der Waals surface area contributed by atoms with Gasteiger partial charge in [0.25, 0.3) is 0 Å². The Morgan fingerprint density at radius 3 is 2.65 bits per heavy atom. The van der Waals surface area contributed by atoms with Crippen molar-refractivity contribution in [1.82, 2.24) is 5.32 Å². The Kier molecular flexibility index (Phi) is 3.31. The summed E-state index contributed by atoms with van der Waals surface area (Å²) in [5.74, 6) is -0.740. The first kappa shape index (κ1) is 11.9. The van der Waals surface area contributed by atoms with E-state index in [9.17, 15) is 15.0 Å². The van der Waals surface area contributed by atoms with E-state index in [1.165, 1.54) is 0 Å². The number of nitrogens with one attached hydrogen (secondary N) is 1. The first-order valence-corrected chi connectivity index (χ1v) is 5.46. The number of phenolic OH excluding ortho intramolecular Hbond substituents is 1. The number of carboxylic acids is 1. The van der Waals surface area contributed by atoms with Crippen LogP contribution in [-0.2, 0) is 16.0 Å². The molecule has 1 saturated heterocycles. The Hall–Kier alpha value is -1.59. The van der Waals surface area contributed by atoms with Crippen LogP contribution < -0.4 is 5.32 Å². The zero-order valence-corrected chi connectivity index (χ0v) is 9.35. The minimum absolute atomic E-state index is 0.156. The van der Waals surface area contributed by atoms with Gasteiger partial charge in [0.1, 0.15) is 11.3 Å². The zero-order chi connectivity index (χ0) is 12.3. The van der Waals surface area contributed by atoms with Crippen LogP contribution in [0.2, 0.25) is 0 Å². The predicted molar refractivity (Wildman–Crippen MR) is 61.0 cm³/mol. The molecule has 1 fully saturated rings. The molecule has 0 radical (unpaired) electrons. The lowest BCUT2D eigenvalue weighted by Crippen LogP contribution is -2.61. The van der Waals surface area contributed by atoms with Crippen molar-refractivity contribution in [3.8, 4) is 5.75 Å². The van der Waals surface area contributed by atoms with Gasteiger partial charge in [0.05, 0.1) is 13.2 Å². The largest absolute Gasteiger partial charge is 0.508 e. The summed E-state index contributed by atoms with van der Waals surface area (Å²) in [6, 6.07) is 6.54. The topological polar surface area (TPSA) is 78.8 Å². The van der Waals surface area contributed by atoms with Crippen molar-refractivity contribution in [2.75, 3.05) is 19.8 Å². The third-order valence-electron chi connectivity index (χ3n) is 2.91. The number of benzene rings is 1. The zero-order valence-electron chi connectivity index (χ0n) is 9.35. The number of rotatable bonds is 3. The Morgan fingerprint density at radius 1 is 1.41 bits per heavy atom. The predicted octanol–water partition coefficient (Wildman–Crippen LogP) is 0.378. The van der Waals surface area contributed by atoms with Crippen LogP contribution in [0.15, 0.2) is 24.3 Å². The van der Waals surface area contributed by atoms with E-state index in [1.54, 1.807) is 24.3 Å². The molecule has 2 rings (SSSR count). The summed E-state index contributed by atoms with van der Waals surface area (Å²) in [6.07, 6.45) is 0.336. The van der Waals surface area contributed by atoms with Crippen LogP contribution in [0.4, 0.5) is 0 Å². The number of carbonyl (C=O) groups is 1. The third kappa shape index (κ3) is 2.57. The lowest BCUT2D eigenvalue weighted by molar-refractivity contribution is -0.150. The van der Waals surface area contributed by atoms with Gasteiger partial charge < -0.3 is 14.9 Å². The molecule has 1 aromatic carbocycles. The minimum Gasteiger partial charge on any atom is -0.508 e. The average molecular weight is 237 g/mol. The van der Waals surface area contributed by atoms with Crippen molar-refractivity contribution in [3.63, 3.8) is 0 Å². The maximum atomic E-state index is 11.4. The molecule has 1 heterocycles. The Labute approximate surface area is 99.0 Å². The number of aliphatic carboxylic acids is 1. The van der Waals surface area contributed by atoms with Gasteiger partial charge in [-0.25, -0.2) is 0 Å². The summed E-state index contributed by atoms with van der Waals surface area (Å²) in [5.41, 5.74) is -0.210. The highest BCUT2D eigenvalue weighted by Crippen LogP contribution is 2.19. The first-order valence-electron chi connectivity index (χ1n) is 5.46. The summed E-state index contributed by atoms with van der Waals surface area (Å²) in [5, 5.41) is 21.5. The molecule has 1 aliphatic heterocycles. The third-order valence-corrected chi connectivity index (χ3v) is 2.91. The monoisotopic (exact) mass is 237 g/mol. The van der Waals surface area contributed by atoms with E-state index in [0.29, 0.717) is 19.6 Å². The second-order valence-corrected chi connectivity index (χ2v) is 4.21. The molecular weight excluding hydrogens is 222 g/mol. The highest BCUT2D eigenvalue weighted by atomic mass is 16.5. The average Bonchev–Trinajstić information content (AvgIpc) is 2.33.